The minimum Gasteiger partial charge on any atom is -0.0683 e. The second-order valence-electron chi connectivity index (χ2n) is 14.5. The maximum absolute atomic E-state index is 2.43. The summed E-state index contributed by atoms with van der Waals surface area (Å²) in [6.45, 7) is 8.71. The minimum atomic E-state index is -0.0329. The van der Waals surface area contributed by atoms with Crippen molar-refractivity contribution >= 4 is 32.3 Å². The Labute approximate surface area is 313 Å². The van der Waals surface area contributed by atoms with Gasteiger partial charge in [-0.2, -0.15) is 0 Å². The van der Waals surface area contributed by atoms with Crippen LogP contribution in [0.5, 0.6) is 0 Å². The van der Waals surface area contributed by atoms with E-state index in [1.54, 1.807) is 0 Å². The van der Waals surface area contributed by atoms with Crippen molar-refractivity contribution < 1.29 is 0 Å². The number of hydrogen-bond acceptors (Lipinski definition) is 0. The average molecular weight is 679 g/mol. The van der Waals surface area contributed by atoms with Crippen molar-refractivity contribution in [2.75, 3.05) is 0 Å². The van der Waals surface area contributed by atoms with Crippen molar-refractivity contribution in [2.24, 2.45) is 0 Å². The van der Waals surface area contributed by atoms with E-state index in [0.29, 0.717) is 0 Å². The zero-order valence-electron chi connectivity index (χ0n) is 30.8. The van der Waals surface area contributed by atoms with Gasteiger partial charge in [0, 0.05) is 5.41 Å². The molecule has 0 atom stereocenters. The second kappa shape index (κ2) is 13.1. The Balaban J connectivity index is 0.00000183. The monoisotopic (exact) mass is 678 g/mol. The first-order valence-electron chi connectivity index (χ1n) is 18.9. The molecule has 254 valence electrons. The molecular weight excluding hydrogens is 637 g/mol. The molecule has 0 saturated heterocycles. The highest BCUT2D eigenvalue weighted by atomic mass is 14.4. The van der Waals surface area contributed by atoms with E-state index >= 15 is 0 Å². The largest absolute Gasteiger partial charge is 0.0683 e. The molecule has 0 saturated carbocycles. The van der Waals surface area contributed by atoms with E-state index in [0.717, 1.165) is 0 Å². The molecule has 0 heterocycles. The van der Waals surface area contributed by atoms with Gasteiger partial charge in [0.25, 0.3) is 0 Å². The summed E-state index contributed by atoms with van der Waals surface area (Å²) in [4.78, 5) is 0. The van der Waals surface area contributed by atoms with Crippen LogP contribution in [0.2, 0.25) is 0 Å². The molecule has 10 rings (SSSR count). The van der Waals surface area contributed by atoms with E-state index in [1.807, 2.05) is 13.8 Å². The molecule has 0 unspecified atom stereocenters. The standard InChI is InChI=1S/C51H36.C2H6/c1-51(2)47-24-10-9-18-41(47)42-30-29-37(32-48(42)51)36-15-11-16-38(31-36)50-45-21-7-5-19-43(45)49(44-20-6-8-22-46(44)50)35-27-25-34(26-28-35)40-23-12-14-33-13-3-4-17-39(33)40;1-2/h3-32H,1-2H3;1-2H3. The van der Waals surface area contributed by atoms with Crippen LogP contribution in [-0.2, 0) is 5.41 Å². The summed E-state index contributed by atoms with van der Waals surface area (Å²) in [5.41, 5.74) is 15.5. The fourth-order valence-corrected chi connectivity index (χ4v) is 8.78. The highest BCUT2D eigenvalue weighted by molar-refractivity contribution is 6.21. The first-order chi connectivity index (χ1) is 26.1. The summed E-state index contributed by atoms with van der Waals surface area (Å²) < 4.78 is 0. The van der Waals surface area contributed by atoms with Crippen molar-refractivity contribution in [3.8, 4) is 55.6 Å². The van der Waals surface area contributed by atoms with Crippen LogP contribution in [0.15, 0.2) is 182 Å². The Morgan fingerprint density at radius 1 is 0.302 bits per heavy atom. The molecule has 0 aliphatic heterocycles. The summed E-state index contributed by atoms with van der Waals surface area (Å²) in [6, 6.07) is 67.4. The smallest absolute Gasteiger partial charge is 0.0159 e. The molecule has 0 fully saturated rings. The third kappa shape index (κ3) is 5.29. The van der Waals surface area contributed by atoms with Crippen molar-refractivity contribution in [1.82, 2.24) is 0 Å². The van der Waals surface area contributed by atoms with Crippen molar-refractivity contribution in [2.45, 2.75) is 33.1 Å². The van der Waals surface area contributed by atoms with Gasteiger partial charge in [0.1, 0.15) is 0 Å². The highest BCUT2D eigenvalue weighted by Gasteiger charge is 2.35. The van der Waals surface area contributed by atoms with E-state index in [-0.39, 0.29) is 5.41 Å². The molecule has 0 heteroatoms. The Morgan fingerprint density at radius 3 is 1.45 bits per heavy atom. The van der Waals surface area contributed by atoms with Gasteiger partial charge in [-0.05, 0) is 111 Å². The zero-order valence-corrected chi connectivity index (χ0v) is 30.8. The molecule has 0 nitrogen and oxygen atoms in total. The Hall–Kier alpha value is -6.24. The van der Waals surface area contributed by atoms with E-state index < -0.39 is 0 Å². The van der Waals surface area contributed by atoms with Crippen LogP contribution in [0.4, 0.5) is 0 Å². The Bertz CT molecular complexity index is 2750. The van der Waals surface area contributed by atoms with Crippen molar-refractivity contribution in [3.63, 3.8) is 0 Å². The third-order valence-electron chi connectivity index (χ3n) is 11.3. The molecule has 1 aliphatic carbocycles. The first-order valence-corrected chi connectivity index (χ1v) is 18.9. The van der Waals surface area contributed by atoms with Gasteiger partial charge in [0.2, 0.25) is 0 Å². The molecule has 0 N–H and O–H groups in total. The van der Waals surface area contributed by atoms with Gasteiger partial charge < -0.3 is 0 Å². The lowest BCUT2D eigenvalue weighted by atomic mass is 9.81. The maximum atomic E-state index is 2.43. The normalized spacial score (nSPS) is 12.7. The SMILES string of the molecule is CC.CC1(C)c2ccccc2-c2ccc(-c3cccc(-c4c5ccccc5c(-c5ccc(-c6cccc7ccccc67)cc5)c5ccccc45)c3)cc21. The van der Waals surface area contributed by atoms with Gasteiger partial charge in [-0.1, -0.05) is 198 Å². The van der Waals surface area contributed by atoms with E-state index in [1.165, 1.54) is 99.1 Å². The van der Waals surface area contributed by atoms with Crippen LogP contribution in [0.25, 0.3) is 88.0 Å². The molecule has 0 spiro atoms. The molecule has 0 aromatic heterocycles. The molecule has 0 amide bonds. The quantitative estimate of drug-likeness (QED) is 0.163. The molecular formula is C53H42. The summed E-state index contributed by atoms with van der Waals surface area (Å²) in [7, 11) is 0. The van der Waals surface area contributed by atoms with Gasteiger partial charge in [-0.15, -0.1) is 0 Å². The van der Waals surface area contributed by atoms with Crippen LogP contribution in [-0.4, -0.2) is 0 Å². The summed E-state index contributed by atoms with van der Waals surface area (Å²) in [5.74, 6) is 0. The summed E-state index contributed by atoms with van der Waals surface area (Å²) in [5, 5.41) is 7.63. The molecule has 9 aromatic rings. The van der Waals surface area contributed by atoms with Gasteiger partial charge in [-0.25, -0.2) is 0 Å². The molecule has 1 aliphatic rings. The zero-order chi connectivity index (χ0) is 36.1. The van der Waals surface area contributed by atoms with E-state index in [4.69, 9.17) is 0 Å². The molecule has 53 heavy (non-hydrogen) atoms. The molecule has 9 aromatic carbocycles. The predicted octanol–water partition coefficient (Wildman–Crippen LogP) is 15.1. The molecule has 0 bridgehead atoms. The topological polar surface area (TPSA) is 0 Å². The first kappa shape index (κ1) is 32.7. The fraction of sp³-hybridized carbons (Fsp3) is 0.0943. The minimum absolute atomic E-state index is 0.0329. The van der Waals surface area contributed by atoms with Crippen molar-refractivity contribution in [3.05, 3.63) is 193 Å². The number of fused-ring (bicyclic) bond motifs is 6. The molecule has 0 radical (unpaired) electrons. The fourth-order valence-electron chi connectivity index (χ4n) is 8.78. The Kier molecular flexibility index (Phi) is 8.05. The van der Waals surface area contributed by atoms with Crippen LogP contribution in [0, 0.1) is 0 Å². The average Bonchev–Trinajstić information content (AvgIpc) is 3.46. The number of benzene rings is 9. The lowest BCUT2D eigenvalue weighted by molar-refractivity contribution is 0.660. The van der Waals surface area contributed by atoms with Crippen LogP contribution in [0.3, 0.4) is 0 Å². The Morgan fingerprint density at radius 2 is 0.755 bits per heavy atom. The van der Waals surface area contributed by atoms with Crippen molar-refractivity contribution in [1.29, 1.82) is 0 Å². The summed E-state index contributed by atoms with van der Waals surface area (Å²) in [6.07, 6.45) is 0. The summed E-state index contributed by atoms with van der Waals surface area (Å²) >= 11 is 0. The lowest BCUT2D eigenvalue weighted by Crippen LogP contribution is -2.14. The van der Waals surface area contributed by atoms with Gasteiger partial charge in [0.15, 0.2) is 0 Å². The van der Waals surface area contributed by atoms with Gasteiger partial charge in [0.05, 0.1) is 0 Å². The predicted molar refractivity (Wildman–Crippen MR) is 230 cm³/mol. The highest BCUT2D eigenvalue weighted by Crippen LogP contribution is 2.50. The maximum Gasteiger partial charge on any atom is 0.0159 e. The van der Waals surface area contributed by atoms with Gasteiger partial charge >= 0.3 is 0 Å². The number of hydrogen-bond donors (Lipinski definition) is 0. The van der Waals surface area contributed by atoms with E-state index in [9.17, 15) is 0 Å². The third-order valence-corrected chi connectivity index (χ3v) is 11.3. The van der Waals surface area contributed by atoms with E-state index in [2.05, 4.69) is 196 Å². The van der Waals surface area contributed by atoms with Crippen LogP contribution in [0.1, 0.15) is 38.8 Å². The van der Waals surface area contributed by atoms with Crippen LogP contribution < -0.4 is 0 Å². The van der Waals surface area contributed by atoms with Gasteiger partial charge in [-0.3, -0.25) is 0 Å². The second-order valence-corrected chi connectivity index (χ2v) is 14.5. The van der Waals surface area contributed by atoms with Crippen LogP contribution >= 0.6 is 0 Å². The number of rotatable bonds is 4. The lowest BCUT2D eigenvalue weighted by Gasteiger charge is -2.22.